The van der Waals surface area contributed by atoms with Gasteiger partial charge in [0.1, 0.15) is 0 Å². The predicted octanol–water partition coefficient (Wildman–Crippen LogP) is 2.88. The number of aliphatic hydroxyl groups is 1. The van der Waals surface area contributed by atoms with Crippen LogP contribution in [0.25, 0.3) is 0 Å². The summed E-state index contributed by atoms with van der Waals surface area (Å²) >= 11 is 0. The summed E-state index contributed by atoms with van der Waals surface area (Å²) in [7, 11) is 3.81. The van der Waals surface area contributed by atoms with E-state index in [1.807, 2.05) is 44.1 Å². The molecule has 7 nitrogen and oxygen atoms in total. The van der Waals surface area contributed by atoms with Gasteiger partial charge >= 0.3 is 6.03 Å². The maximum atomic E-state index is 12.4. The summed E-state index contributed by atoms with van der Waals surface area (Å²) in [5.74, 6) is 0.311. The second-order valence-electron chi connectivity index (χ2n) is 7.14. The molecule has 0 spiro atoms. The van der Waals surface area contributed by atoms with Crippen molar-refractivity contribution in [2.24, 2.45) is 0 Å². The minimum atomic E-state index is -0.521. The molecular weight excluding hydrogens is 330 g/mol. The lowest BCUT2D eigenvalue weighted by Crippen LogP contribution is -2.29. The monoisotopic (exact) mass is 359 g/mol. The van der Waals surface area contributed by atoms with E-state index >= 15 is 0 Å². The maximum absolute atomic E-state index is 12.4. The van der Waals surface area contributed by atoms with Crippen molar-refractivity contribution in [1.29, 1.82) is 0 Å². The molecule has 1 heterocycles. The van der Waals surface area contributed by atoms with E-state index in [0.717, 1.165) is 16.8 Å². The highest BCUT2D eigenvalue weighted by Crippen LogP contribution is 2.27. The molecule has 0 radical (unpaired) electrons. The molecule has 2 amide bonds. The molecule has 1 atom stereocenters. The third kappa shape index (κ3) is 5.57. The van der Waals surface area contributed by atoms with E-state index in [0.29, 0.717) is 24.7 Å². The minimum Gasteiger partial charge on any atom is -0.390 e. The molecule has 7 heteroatoms. The van der Waals surface area contributed by atoms with Crippen molar-refractivity contribution < 1.29 is 9.90 Å². The summed E-state index contributed by atoms with van der Waals surface area (Å²) in [5, 5.41) is 19.9. The normalized spacial score (nSPS) is 12.5. The number of amides is 2. The van der Waals surface area contributed by atoms with Crippen molar-refractivity contribution in [2.75, 3.05) is 31.3 Å². The molecule has 0 bridgehead atoms. The van der Waals surface area contributed by atoms with Gasteiger partial charge in [-0.1, -0.05) is 32.0 Å². The summed E-state index contributed by atoms with van der Waals surface area (Å²) in [5.41, 5.74) is 3.55. The fourth-order valence-corrected chi connectivity index (χ4v) is 2.84. The number of anilines is 2. The zero-order valence-corrected chi connectivity index (χ0v) is 16.2. The number of aryl methyl sites for hydroxylation is 1. The molecular formula is C19H29N5O2. The molecule has 0 unspecified atom stereocenters. The van der Waals surface area contributed by atoms with Crippen LogP contribution in [0.3, 0.4) is 0 Å². The molecule has 3 N–H and O–H groups in total. The van der Waals surface area contributed by atoms with E-state index < -0.39 is 6.10 Å². The summed E-state index contributed by atoms with van der Waals surface area (Å²) in [6.45, 7) is 7.10. The lowest BCUT2D eigenvalue weighted by Gasteiger charge is -2.16. The molecule has 2 aromatic rings. The molecule has 142 valence electrons. The number of nitrogens with one attached hydrogen (secondary N) is 2. The first-order valence-corrected chi connectivity index (χ1v) is 8.79. The lowest BCUT2D eigenvalue weighted by atomic mass is 9.98. The van der Waals surface area contributed by atoms with Crippen LogP contribution >= 0.6 is 0 Å². The molecule has 1 aromatic heterocycles. The van der Waals surface area contributed by atoms with Crippen LogP contribution in [0.5, 0.6) is 0 Å². The zero-order valence-electron chi connectivity index (χ0n) is 16.2. The molecule has 0 aliphatic heterocycles. The van der Waals surface area contributed by atoms with Gasteiger partial charge < -0.3 is 20.6 Å². The van der Waals surface area contributed by atoms with Crippen LogP contribution < -0.4 is 10.6 Å². The fourth-order valence-electron chi connectivity index (χ4n) is 2.84. The Morgan fingerprint density at radius 2 is 2.04 bits per heavy atom. The summed E-state index contributed by atoms with van der Waals surface area (Å²) in [4.78, 5) is 14.3. The fraction of sp³-hybridized carbons (Fsp3) is 0.474. The van der Waals surface area contributed by atoms with Crippen LogP contribution in [-0.2, 0) is 6.54 Å². The SMILES string of the molecule is Cc1cccc(C(C)C)c1NC(=O)Nc1cnn(C[C@@H](O)CN(C)C)c1. The van der Waals surface area contributed by atoms with Crippen LogP contribution in [0.1, 0.15) is 30.9 Å². The number of para-hydroxylation sites is 1. The standard InChI is InChI=1S/C19H29N5O2/c1-13(2)17-8-6-7-14(3)18(17)22-19(26)21-15-9-20-24(10-15)12-16(25)11-23(4)5/h6-10,13,16,25H,11-12H2,1-5H3,(H2,21,22,26)/t16-/m0/s1. The highest BCUT2D eigenvalue weighted by molar-refractivity contribution is 6.00. The van der Waals surface area contributed by atoms with E-state index in [2.05, 4.69) is 29.6 Å². The predicted molar refractivity (Wildman–Crippen MR) is 105 cm³/mol. The van der Waals surface area contributed by atoms with Crippen LogP contribution in [0.2, 0.25) is 0 Å². The Bertz CT molecular complexity index is 739. The van der Waals surface area contributed by atoms with Crippen molar-refractivity contribution in [3.63, 3.8) is 0 Å². The number of aliphatic hydroxyl groups excluding tert-OH is 1. The van der Waals surface area contributed by atoms with Crippen LogP contribution in [0.15, 0.2) is 30.6 Å². The largest absolute Gasteiger partial charge is 0.390 e. The number of benzene rings is 1. The Hall–Kier alpha value is -2.38. The summed E-state index contributed by atoms with van der Waals surface area (Å²) in [6, 6.07) is 5.69. The van der Waals surface area contributed by atoms with Gasteiger partial charge in [-0.15, -0.1) is 0 Å². The minimum absolute atomic E-state index is 0.311. The Balaban J connectivity index is 1.99. The maximum Gasteiger partial charge on any atom is 0.323 e. The Kier molecular flexibility index (Phi) is 6.76. The number of aromatic nitrogens is 2. The van der Waals surface area contributed by atoms with Gasteiger partial charge in [0.25, 0.3) is 0 Å². The topological polar surface area (TPSA) is 82.4 Å². The van der Waals surface area contributed by atoms with Crippen molar-refractivity contribution in [3.05, 3.63) is 41.7 Å². The highest BCUT2D eigenvalue weighted by atomic mass is 16.3. The molecule has 2 rings (SSSR count). The van der Waals surface area contributed by atoms with Crippen molar-refractivity contribution in [1.82, 2.24) is 14.7 Å². The number of hydrogen-bond donors (Lipinski definition) is 3. The Morgan fingerprint density at radius 1 is 1.31 bits per heavy atom. The number of rotatable bonds is 7. The van der Waals surface area contributed by atoms with Crippen molar-refractivity contribution in [2.45, 2.75) is 39.3 Å². The van der Waals surface area contributed by atoms with E-state index in [-0.39, 0.29) is 6.03 Å². The summed E-state index contributed by atoms with van der Waals surface area (Å²) < 4.78 is 1.62. The first kappa shape index (κ1) is 19.9. The number of carbonyl (C=O) groups excluding carboxylic acids is 1. The van der Waals surface area contributed by atoms with Crippen molar-refractivity contribution >= 4 is 17.4 Å². The van der Waals surface area contributed by atoms with Gasteiger partial charge in [0.15, 0.2) is 0 Å². The molecule has 0 saturated heterocycles. The van der Waals surface area contributed by atoms with Crippen LogP contribution in [-0.4, -0.2) is 52.6 Å². The molecule has 1 aromatic carbocycles. The van der Waals surface area contributed by atoms with Crippen LogP contribution in [0, 0.1) is 6.92 Å². The van der Waals surface area contributed by atoms with Gasteiger partial charge in [-0.05, 0) is 38.1 Å². The second-order valence-corrected chi connectivity index (χ2v) is 7.14. The average Bonchev–Trinajstić information content (AvgIpc) is 2.94. The van der Waals surface area contributed by atoms with Gasteiger partial charge in [-0.2, -0.15) is 5.10 Å². The molecule has 0 aliphatic carbocycles. The third-order valence-corrected chi connectivity index (χ3v) is 4.03. The molecule has 0 aliphatic rings. The van der Waals surface area contributed by atoms with E-state index in [9.17, 15) is 9.90 Å². The van der Waals surface area contributed by atoms with Crippen molar-refractivity contribution in [3.8, 4) is 0 Å². The number of likely N-dealkylation sites (N-methyl/N-ethyl adjacent to an activating group) is 1. The molecule has 0 fully saturated rings. The van der Waals surface area contributed by atoms with Gasteiger partial charge in [-0.25, -0.2) is 4.79 Å². The first-order valence-electron chi connectivity index (χ1n) is 8.79. The van der Waals surface area contributed by atoms with E-state index in [1.54, 1.807) is 17.1 Å². The first-order chi connectivity index (χ1) is 12.3. The van der Waals surface area contributed by atoms with E-state index in [1.165, 1.54) is 0 Å². The average molecular weight is 359 g/mol. The number of nitrogens with zero attached hydrogens (tertiary/aromatic N) is 3. The van der Waals surface area contributed by atoms with Gasteiger partial charge in [0.2, 0.25) is 0 Å². The van der Waals surface area contributed by atoms with Crippen LogP contribution in [0.4, 0.5) is 16.2 Å². The van der Waals surface area contributed by atoms with Gasteiger partial charge in [0.05, 0.1) is 24.5 Å². The van der Waals surface area contributed by atoms with Gasteiger partial charge in [0, 0.05) is 18.4 Å². The smallest absolute Gasteiger partial charge is 0.323 e. The molecule has 0 saturated carbocycles. The van der Waals surface area contributed by atoms with Gasteiger partial charge in [-0.3, -0.25) is 4.68 Å². The molecule has 26 heavy (non-hydrogen) atoms. The second kappa shape index (κ2) is 8.82. The number of urea groups is 1. The Morgan fingerprint density at radius 3 is 2.69 bits per heavy atom. The third-order valence-electron chi connectivity index (χ3n) is 4.03. The van der Waals surface area contributed by atoms with E-state index in [4.69, 9.17) is 0 Å². The highest BCUT2D eigenvalue weighted by Gasteiger charge is 2.13. The number of hydrogen-bond acceptors (Lipinski definition) is 4. The number of carbonyl (C=O) groups is 1. The summed E-state index contributed by atoms with van der Waals surface area (Å²) in [6.07, 6.45) is 2.76. The lowest BCUT2D eigenvalue weighted by molar-refractivity contribution is 0.116. The zero-order chi connectivity index (χ0) is 19.3. The quantitative estimate of drug-likeness (QED) is 0.710. The Labute approximate surface area is 155 Å².